The molecule has 1 atom stereocenters. The van der Waals surface area contributed by atoms with Gasteiger partial charge in [0.1, 0.15) is 12.7 Å². The highest BCUT2D eigenvalue weighted by atomic mass is 35.5. The molecule has 0 saturated heterocycles. The minimum absolute atomic E-state index is 0.0486. The van der Waals surface area contributed by atoms with Gasteiger partial charge in [-0.3, -0.25) is 4.79 Å². The summed E-state index contributed by atoms with van der Waals surface area (Å²) in [5, 5.41) is 13.3. The van der Waals surface area contributed by atoms with Crippen LogP contribution < -0.4 is 15.8 Å². The van der Waals surface area contributed by atoms with E-state index in [1.54, 1.807) is 18.2 Å². The lowest BCUT2D eigenvalue weighted by Crippen LogP contribution is -2.33. The Labute approximate surface area is 121 Å². The number of amides is 1. The van der Waals surface area contributed by atoms with Crippen molar-refractivity contribution in [1.82, 2.24) is 5.32 Å². The molecule has 0 aromatic heterocycles. The van der Waals surface area contributed by atoms with E-state index < -0.39 is 6.10 Å². The molecule has 4 N–H and O–H groups in total. The Kier molecular flexibility index (Phi) is 6.94. The first-order valence-corrected chi connectivity index (χ1v) is 6.50. The number of benzene rings is 1. The standard InChI is InChI=1S/C12H16Cl2N2O3/c13-9-2-1-3-10(14)12(9)19-7-8(17)6-16-5-4-11(15)18/h1-3,8,16-17H,4-7H2,(H2,15,18). The fourth-order valence-electron chi connectivity index (χ4n) is 1.34. The molecule has 0 bridgehead atoms. The SMILES string of the molecule is NC(=O)CCNCC(O)COc1c(Cl)cccc1Cl. The van der Waals surface area contributed by atoms with Gasteiger partial charge in [-0.2, -0.15) is 0 Å². The second-order valence-corrected chi connectivity index (χ2v) is 4.75. The molecule has 1 unspecified atom stereocenters. The third-order valence-corrected chi connectivity index (χ3v) is 2.86. The first-order chi connectivity index (χ1) is 9.00. The number of nitrogens with two attached hydrogens (primary N) is 1. The van der Waals surface area contributed by atoms with Crippen LogP contribution in [0, 0.1) is 0 Å². The van der Waals surface area contributed by atoms with Crippen LogP contribution in [0.3, 0.4) is 0 Å². The van der Waals surface area contributed by atoms with Gasteiger partial charge >= 0.3 is 0 Å². The second kappa shape index (κ2) is 8.22. The highest BCUT2D eigenvalue weighted by molar-refractivity contribution is 6.37. The van der Waals surface area contributed by atoms with Crippen LogP contribution in [-0.4, -0.2) is 36.8 Å². The number of para-hydroxylation sites is 1. The Morgan fingerprint density at radius 2 is 2.05 bits per heavy atom. The predicted octanol–water partition coefficient (Wildman–Crippen LogP) is 1.20. The second-order valence-electron chi connectivity index (χ2n) is 3.94. The van der Waals surface area contributed by atoms with Crippen LogP contribution in [0.1, 0.15) is 6.42 Å². The number of aliphatic hydroxyl groups is 1. The maximum absolute atomic E-state index is 10.5. The molecule has 1 rings (SSSR count). The number of hydrogen-bond acceptors (Lipinski definition) is 4. The first kappa shape index (κ1) is 16.0. The van der Waals surface area contributed by atoms with Crippen LogP contribution in [0.25, 0.3) is 0 Å². The Morgan fingerprint density at radius 1 is 1.42 bits per heavy atom. The van der Waals surface area contributed by atoms with Gasteiger partial charge in [-0.05, 0) is 12.1 Å². The number of halogens is 2. The van der Waals surface area contributed by atoms with Crippen molar-refractivity contribution < 1.29 is 14.6 Å². The average Bonchev–Trinajstić information content (AvgIpc) is 2.34. The van der Waals surface area contributed by atoms with Gasteiger partial charge in [0.2, 0.25) is 5.91 Å². The van der Waals surface area contributed by atoms with Crippen molar-refractivity contribution in [2.45, 2.75) is 12.5 Å². The van der Waals surface area contributed by atoms with Gasteiger partial charge in [0.05, 0.1) is 10.0 Å². The van der Waals surface area contributed by atoms with Gasteiger partial charge in [0.15, 0.2) is 5.75 Å². The molecule has 1 amide bonds. The predicted molar refractivity (Wildman–Crippen MR) is 74.6 cm³/mol. The number of carbonyl (C=O) groups is 1. The van der Waals surface area contributed by atoms with Crippen molar-refractivity contribution in [1.29, 1.82) is 0 Å². The first-order valence-electron chi connectivity index (χ1n) is 5.74. The van der Waals surface area contributed by atoms with E-state index in [-0.39, 0.29) is 25.5 Å². The van der Waals surface area contributed by atoms with E-state index in [1.165, 1.54) is 0 Å². The summed E-state index contributed by atoms with van der Waals surface area (Å²) in [6.07, 6.45) is -0.510. The van der Waals surface area contributed by atoms with E-state index in [4.69, 9.17) is 33.7 Å². The van der Waals surface area contributed by atoms with E-state index in [9.17, 15) is 9.90 Å². The van der Waals surface area contributed by atoms with Crippen LogP contribution in [0.4, 0.5) is 0 Å². The number of aliphatic hydroxyl groups excluding tert-OH is 1. The molecule has 0 spiro atoms. The number of carbonyl (C=O) groups excluding carboxylic acids is 1. The van der Waals surface area contributed by atoms with Gasteiger partial charge in [-0.15, -0.1) is 0 Å². The Morgan fingerprint density at radius 3 is 2.63 bits per heavy atom. The zero-order valence-corrected chi connectivity index (χ0v) is 11.7. The van der Waals surface area contributed by atoms with E-state index in [0.29, 0.717) is 22.3 Å². The van der Waals surface area contributed by atoms with Gasteiger partial charge in [-0.1, -0.05) is 29.3 Å². The Hall–Kier alpha value is -1.01. The van der Waals surface area contributed by atoms with Crippen LogP contribution in [0.5, 0.6) is 5.75 Å². The summed E-state index contributed by atoms with van der Waals surface area (Å²) in [5.41, 5.74) is 4.98. The zero-order chi connectivity index (χ0) is 14.3. The molecule has 0 radical (unpaired) electrons. The summed E-state index contributed by atoms with van der Waals surface area (Å²) in [5.74, 6) is -0.0388. The number of rotatable bonds is 8. The summed E-state index contributed by atoms with van der Waals surface area (Å²) in [7, 11) is 0. The van der Waals surface area contributed by atoms with Crippen LogP contribution in [0.15, 0.2) is 18.2 Å². The molecule has 0 aliphatic rings. The van der Waals surface area contributed by atoms with Crippen molar-refractivity contribution in [3.8, 4) is 5.75 Å². The largest absolute Gasteiger partial charge is 0.488 e. The summed E-state index contributed by atoms with van der Waals surface area (Å²) in [6.45, 7) is 0.752. The summed E-state index contributed by atoms with van der Waals surface area (Å²) < 4.78 is 5.36. The zero-order valence-electron chi connectivity index (χ0n) is 10.2. The van der Waals surface area contributed by atoms with Crippen LogP contribution >= 0.6 is 23.2 Å². The maximum Gasteiger partial charge on any atom is 0.218 e. The molecule has 0 aliphatic carbocycles. The third-order valence-electron chi connectivity index (χ3n) is 2.27. The van der Waals surface area contributed by atoms with E-state index in [2.05, 4.69) is 5.32 Å². The van der Waals surface area contributed by atoms with E-state index in [1.807, 2.05) is 0 Å². The average molecular weight is 307 g/mol. The number of hydrogen-bond donors (Lipinski definition) is 3. The molecule has 19 heavy (non-hydrogen) atoms. The van der Waals surface area contributed by atoms with Gasteiger partial charge < -0.3 is 20.9 Å². The Balaban J connectivity index is 2.30. The van der Waals surface area contributed by atoms with E-state index >= 15 is 0 Å². The molecule has 106 valence electrons. The normalized spacial score (nSPS) is 12.2. The molecule has 1 aromatic carbocycles. The van der Waals surface area contributed by atoms with Crippen molar-refractivity contribution in [3.63, 3.8) is 0 Å². The lowest BCUT2D eigenvalue weighted by atomic mass is 10.3. The summed E-state index contributed by atoms with van der Waals surface area (Å²) >= 11 is 11.8. The highest BCUT2D eigenvalue weighted by Gasteiger charge is 2.10. The molecule has 1 aromatic rings. The summed E-state index contributed by atoms with van der Waals surface area (Å²) in [6, 6.07) is 5.01. The highest BCUT2D eigenvalue weighted by Crippen LogP contribution is 2.32. The number of nitrogens with one attached hydrogen (secondary N) is 1. The van der Waals surface area contributed by atoms with Crippen LogP contribution in [-0.2, 0) is 4.79 Å². The minimum atomic E-state index is -0.736. The molecule has 0 fully saturated rings. The number of primary amides is 1. The maximum atomic E-state index is 10.5. The quantitative estimate of drug-likeness (QED) is 0.630. The fourth-order valence-corrected chi connectivity index (χ4v) is 1.85. The number of ether oxygens (including phenoxy) is 1. The molecule has 0 heterocycles. The summed E-state index contributed by atoms with van der Waals surface area (Å²) in [4.78, 5) is 10.5. The monoisotopic (exact) mass is 306 g/mol. The lowest BCUT2D eigenvalue weighted by molar-refractivity contribution is -0.117. The van der Waals surface area contributed by atoms with Gasteiger partial charge in [-0.25, -0.2) is 0 Å². The van der Waals surface area contributed by atoms with Crippen molar-refractivity contribution in [2.75, 3.05) is 19.7 Å². The van der Waals surface area contributed by atoms with Crippen LogP contribution in [0.2, 0.25) is 10.0 Å². The van der Waals surface area contributed by atoms with E-state index in [0.717, 1.165) is 0 Å². The Bertz CT molecular complexity index is 409. The van der Waals surface area contributed by atoms with Crippen molar-refractivity contribution in [3.05, 3.63) is 28.2 Å². The van der Waals surface area contributed by atoms with Crippen molar-refractivity contribution in [2.24, 2.45) is 5.73 Å². The molecule has 5 nitrogen and oxygen atoms in total. The van der Waals surface area contributed by atoms with Gasteiger partial charge in [0.25, 0.3) is 0 Å². The fraction of sp³-hybridized carbons (Fsp3) is 0.417. The van der Waals surface area contributed by atoms with Crippen molar-refractivity contribution >= 4 is 29.1 Å². The topological polar surface area (TPSA) is 84.6 Å². The minimum Gasteiger partial charge on any atom is -0.488 e. The van der Waals surface area contributed by atoms with Gasteiger partial charge in [0, 0.05) is 19.5 Å². The molecule has 0 saturated carbocycles. The molecular weight excluding hydrogens is 291 g/mol. The third kappa shape index (κ3) is 6.11. The molecule has 7 heteroatoms. The lowest BCUT2D eigenvalue weighted by Gasteiger charge is -2.14. The molecule has 0 aliphatic heterocycles. The molecular formula is C12H16Cl2N2O3. The smallest absolute Gasteiger partial charge is 0.218 e.